The summed E-state index contributed by atoms with van der Waals surface area (Å²) in [5.41, 5.74) is 6.54. The third-order valence-electron chi connectivity index (χ3n) is 2.53. The molecule has 1 aromatic heterocycles. The fourth-order valence-corrected chi connectivity index (χ4v) is 4.19. The first kappa shape index (κ1) is 21.4. The molecular weight excluding hydrogens is 435 g/mol. The van der Waals surface area contributed by atoms with Crippen molar-refractivity contribution in [1.82, 2.24) is 10.0 Å². The van der Waals surface area contributed by atoms with E-state index in [2.05, 4.69) is 21.6 Å². The second-order valence-electron chi connectivity index (χ2n) is 4.76. The molecule has 0 aliphatic carbocycles. The van der Waals surface area contributed by atoms with E-state index >= 15 is 0 Å². The van der Waals surface area contributed by atoms with E-state index in [1.54, 1.807) is 13.0 Å². The summed E-state index contributed by atoms with van der Waals surface area (Å²) in [5.74, 6) is 0.278. The van der Waals surface area contributed by atoms with Crippen LogP contribution < -0.4 is 15.8 Å². The van der Waals surface area contributed by atoms with Gasteiger partial charge in [-0.3, -0.25) is 0 Å². The number of nitrogens with one attached hydrogen (secondary N) is 2. The van der Waals surface area contributed by atoms with Crippen molar-refractivity contribution >= 4 is 51.3 Å². The maximum atomic E-state index is 12.1. The number of sulfonamides is 1. The third kappa shape index (κ3) is 7.07. The molecule has 0 amide bonds. The van der Waals surface area contributed by atoms with Gasteiger partial charge in [0.15, 0.2) is 5.96 Å². The topological polar surface area (TPSA) is 96.6 Å². The number of aryl methyl sites for hydroxylation is 2. The van der Waals surface area contributed by atoms with Crippen molar-refractivity contribution in [3.05, 3.63) is 28.0 Å². The number of nitrogens with two attached hydrogens (primary N) is 1. The number of rotatable bonds is 7. The molecule has 4 N–H and O–H groups in total. The van der Waals surface area contributed by atoms with Gasteiger partial charge in [0.1, 0.15) is 0 Å². The van der Waals surface area contributed by atoms with Gasteiger partial charge < -0.3 is 11.1 Å². The van der Waals surface area contributed by atoms with E-state index in [0.29, 0.717) is 18.0 Å². The minimum absolute atomic E-state index is 0. The molecule has 0 aromatic carbocycles. The average Bonchev–Trinajstić information content (AvgIpc) is 2.72. The summed E-state index contributed by atoms with van der Waals surface area (Å²) in [7, 11) is -3.47. The molecule has 1 aromatic rings. The molecule has 126 valence electrons. The van der Waals surface area contributed by atoms with E-state index in [1.807, 2.05) is 13.8 Å². The minimum atomic E-state index is -3.47. The lowest BCUT2D eigenvalue weighted by atomic mass is 10.4. The molecule has 1 heterocycles. The molecule has 0 atom stereocenters. The van der Waals surface area contributed by atoms with Crippen molar-refractivity contribution in [2.45, 2.75) is 25.7 Å². The van der Waals surface area contributed by atoms with E-state index in [-0.39, 0.29) is 36.5 Å². The number of thiophene rings is 1. The highest BCUT2D eigenvalue weighted by Crippen LogP contribution is 2.24. The number of hydrogen-bond acceptors (Lipinski definition) is 4. The lowest BCUT2D eigenvalue weighted by molar-refractivity contribution is 0.580. The first-order valence-electron chi connectivity index (χ1n) is 6.47. The Morgan fingerprint density at radius 2 is 2.05 bits per heavy atom. The average molecular weight is 458 g/mol. The van der Waals surface area contributed by atoms with Gasteiger partial charge in [0.2, 0.25) is 10.0 Å². The zero-order chi connectivity index (χ0) is 16.0. The first-order valence-corrected chi connectivity index (χ1v) is 8.77. The summed E-state index contributed by atoms with van der Waals surface area (Å²) in [6, 6.07) is 1.68. The molecule has 0 fully saturated rings. The molecule has 0 aliphatic heterocycles. The van der Waals surface area contributed by atoms with Gasteiger partial charge in [-0.25, -0.2) is 18.1 Å². The van der Waals surface area contributed by atoms with Crippen molar-refractivity contribution in [2.24, 2.45) is 10.7 Å². The summed E-state index contributed by atoms with van der Waals surface area (Å²) in [4.78, 5) is 6.14. The maximum absolute atomic E-state index is 12.1. The van der Waals surface area contributed by atoms with E-state index in [0.717, 1.165) is 15.3 Å². The van der Waals surface area contributed by atoms with Crippen LogP contribution >= 0.6 is 35.3 Å². The number of nitrogens with zero attached hydrogens (tertiary/aromatic N) is 1. The highest BCUT2D eigenvalue weighted by atomic mass is 127. The lowest BCUT2D eigenvalue weighted by Crippen LogP contribution is -2.38. The highest BCUT2D eigenvalue weighted by molar-refractivity contribution is 14.0. The van der Waals surface area contributed by atoms with Gasteiger partial charge in [-0.15, -0.1) is 35.3 Å². The normalized spacial score (nSPS) is 11.9. The van der Waals surface area contributed by atoms with Crippen LogP contribution in [-0.4, -0.2) is 34.0 Å². The van der Waals surface area contributed by atoms with Crippen LogP contribution in [0.4, 0.5) is 0 Å². The third-order valence-corrected chi connectivity index (χ3v) is 5.21. The van der Waals surface area contributed by atoms with E-state index in [1.165, 1.54) is 11.3 Å². The zero-order valence-electron chi connectivity index (χ0n) is 13.0. The van der Waals surface area contributed by atoms with Gasteiger partial charge in [-0.2, -0.15) is 0 Å². The predicted octanol–water partition coefficient (Wildman–Crippen LogP) is 1.74. The Morgan fingerprint density at radius 1 is 1.41 bits per heavy atom. The number of halogens is 1. The Balaban J connectivity index is 0.00000441. The molecule has 0 unspecified atom stereocenters. The van der Waals surface area contributed by atoms with Gasteiger partial charge >= 0.3 is 0 Å². The van der Waals surface area contributed by atoms with Crippen LogP contribution in [0.1, 0.15) is 16.7 Å². The second-order valence-corrected chi connectivity index (χ2v) is 7.96. The first-order chi connectivity index (χ1) is 9.72. The maximum Gasteiger partial charge on any atom is 0.241 e. The smallest absolute Gasteiger partial charge is 0.241 e. The van der Waals surface area contributed by atoms with E-state index in [9.17, 15) is 8.42 Å². The van der Waals surface area contributed by atoms with Crippen LogP contribution in [-0.2, 0) is 10.0 Å². The van der Waals surface area contributed by atoms with Crippen molar-refractivity contribution in [3.63, 3.8) is 0 Å². The Hall–Kier alpha value is -0.650. The number of aliphatic imine (C=N–C) groups is 1. The Bertz CT molecular complexity index is 638. The second kappa shape index (κ2) is 9.48. The summed E-state index contributed by atoms with van der Waals surface area (Å²) in [6.45, 7) is 10.3. The quantitative estimate of drug-likeness (QED) is 0.191. The van der Waals surface area contributed by atoms with Crippen molar-refractivity contribution in [2.75, 3.05) is 19.6 Å². The number of hydrogen-bond donors (Lipinski definition) is 3. The fourth-order valence-electron chi connectivity index (χ4n) is 1.60. The van der Waals surface area contributed by atoms with Gasteiger partial charge in [0, 0.05) is 22.8 Å². The fraction of sp³-hybridized carbons (Fsp3) is 0.462. The molecule has 0 spiro atoms. The van der Waals surface area contributed by atoms with Crippen molar-refractivity contribution in [3.8, 4) is 0 Å². The summed E-state index contributed by atoms with van der Waals surface area (Å²) >= 11 is 1.47. The Morgan fingerprint density at radius 3 is 2.55 bits per heavy atom. The minimum Gasteiger partial charge on any atom is -0.370 e. The Kier molecular flexibility index (Phi) is 9.20. The van der Waals surface area contributed by atoms with Crippen LogP contribution in [0.25, 0.3) is 0 Å². The lowest BCUT2D eigenvalue weighted by Gasteiger charge is -2.08. The molecule has 0 saturated carbocycles. The molecule has 9 heteroatoms. The number of guanidine groups is 1. The largest absolute Gasteiger partial charge is 0.370 e. The summed E-state index contributed by atoms with van der Waals surface area (Å²) < 4.78 is 26.8. The van der Waals surface area contributed by atoms with Gasteiger partial charge in [-0.05, 0) is 26.8 Å². The SMILES string of the molecule is C=C(C)CN=C(N)NCCNS(=O)(=O)c1cc(C)sc1C.I. The molecule has 1 rings (SSSR count). The molecule has 22 heavy (non-hydrogen) atoms. The summed E-state index contributed by atoms with van der Waals surface area (Å²) in [5, 5.41) is 2.84. The van der Waals surface area contributed by atoms with Gasteiger partial charge in [0.05, 0.1) is 11.4 Å². The van der Waals surface area contributed by atoms with Crippen LogP contribution in [0.15, 0.2) is 28.1 Å². The molecule has 0 saturated heterocycles. The zero-order valence-corrected chi connectivity index (χ0v) is 16.9. The molecule has 0 bridgehead atoms. The van der Waals surface area contributed by atoms with Gasteiger partial charge in [0.25, 0.3) is 0 Å². The molecule has 0 radical (unpaired) electrons. The van der Waals surface area contributed by atoms with Gasteiger partial charge in [-0.1, -0.05) is 12.2 Å². The predicted molar refractivity (Wildman–Crippen MR) is 104 cm³/mol. The van der Waals surface area contributed by atoms with Crippen molar-refractivity contribution < 1.29 is 8.42 Å². The summed E-state index contributed by atoms with van der Waals surface area (Å²) in [6.07, 6.45) is 0. The highest BCUT2D eigenvalue weighted by Gasteiger charge is 2.18. The van der Waals surface area contributed by atoms with Crippen molar-refractivity contribution in [1.29, 1.82) is 0 Å². The monoisotopic (exact) mass is 458 g/mol. The molecule has 0 aliphatic rings. The standard InChI is InChI=1S/C13H22N4O2S2.HI/c1-9(2)8-16-13(14)15-5-6-17-21(18,19)12-7-10(3)20-11(12)4;/h7,17H,1,5-6,8H2,2-4H3,(H3,14,15,16);1H. The molecule has 6 nitrogen and oxygen atoms in total. The van der Waals surface area contributed by atoms with E-state index < -0.39 is 10.0 Å². The van der Waals surface area contributed by atoms with Crippen LogP contribution in [0.5, 0.6) is 0 Å². The van der Waals surface area contributed by atoms with Crippen LogP contribution in [0, 0.1) is 13.8 Å². The Labute approximate surface area is 153 Å². The molecular formula is C13H23IN4O2S2. The van der Waals surface area contributed by atoms with Crippen LogP contribution in [0.3, 0.4) is 0 Å². The van der Waals surface area contributed by atoms with Crippen LogP contribution in [0.2, 0.25) is 0 Å². The van der Waals surface area contributed by atoms with E-state index in [4.69, 9.17) is 5.73 Å².